The topological polar surface area (TPSA) is 21.7 Å². The maximum absolute atomic E-state index is 5.35. The van der Waals surface area contributed by atoms with E-state index in [4.69, 9.17) is 9.47 Å². The second kappa shape index (κ2) is 6.10. The van der Waals surface area contributed by atoms with Gasteiger partial charge in [-0.15, -0.1) is 0 Å². The van der Waals surface area contributed by atoms with Crippen LogP contribution < -0.4 is 9.47 Å². The quantitative estimate of drug-likeness (QED) is 0.801. The highest BCUT2D eigenvalue weighted by atomic mass is 16.5. The molecule has 3 nitrogen and oxygen atoms in total. The Morgan fingerprint density at radius 2 is 1.78 bits per heavy atom. The van der Waals surface area contributed by atoms with Crippen LogP contribution in [0, 0.1) is 0 Å². The summed E-state index contributed by atoms with van der Waals surface area (Å²) in [7, 11) is 3.36. The fraction of sp³-hybridized carbons (Fsp3) is 0.600. The van der Waals surface area contributed by atoms with E-state index >= 15 is 0 Å². The van der Waals surface area contributed by atoms with Crippen LogP contribution >= 0.6 is 0 Å². The Morgan fingerprint density at radius 1 is 1.11 bits per heavy atom. The number of methoxy groups -OCH3 is 2. The van der Waals surface area contributed by atoms with E-state index in [1.165, 1.54) is 31.5 Å². The Kier molecular flexibility index (Phi) is 4.48. The molecule has 1 heterocycles. The van der Waals surface area contributed by atoms with Crippen molar-refractivity contribution in [2.45, 2.75) is 32.2 Å². The zero-order chi connectivity index (χ0) is 13.0. The van der Waals surface area contributed by atoms with Gasteiger partial charge in [-0.2, -0.15) is 0 Å². The number of benzene rings is 1. The van der Waals surface area contributed by atoms with Gasteiger partial charge in [0.2, 0.25) is 0 Å². The van der Waals surface area contributed by atoms with E-state index in [0.29, 0.717) is 6.04 Å². The first-order valence-electron chi connectivity index (χ1n) is 6.69. The van der Waals surface area contributed by atoms with E-state index < -0.39 is 0 Å². The van der Waals surface area contributed by atoms with Crippen LogP contribution in [0.15, 0.2) is 18.2 Å². The third kappa shape index (κ3) is 2.96. The van der Waals surface area contributed by atoms with Gasteiger partial charge in [-0.3, -0.25) is 0 Å². The van der Waals surface area contributed by atoms with Gasteiger partial charge in [0.15, 0.2) is 11.5 Å². The normalized spacial score (nSPS) is 17.7. The van der Waals surface area contributed by atoms with Gasteiger partial charge in [0.25, 0.3) is 0 Å². The lowest BCUT2D eigenvalue weighted by atomic mass is 10.1. The Hall–Kier alpha value is -1.22. The zero-order valence-corrected chi connectivity index (χ0v) is 11.6. The maximum atomic E-state index is 5.35. The van der Waals surface area contributed by atoms with E-state index in [0.717, 1.165) is 17.9 Å². The highest BCUT2D eigenvalue weighted by molar-refractivity contribution is 5.43. The Morgan fingerprint density at radius 3 is 2.39 bits per heavy atom. The van der Waals surface area contributed by atoms with Gasteiger partial charge in [-0.1, -0.05) is 6.07 Å². The fourth-order valence-corrected chi connectivity index (χ4v) is 2.66. The molecular weight excluding hydrogens is 226 g/mol. The second-order valence-corrected chi connectivity index (χ2v) is 4.99. The molecule has 1 aliphatic heterocycles. The van der Waals surface area contributed by atoms with E-state index in [1.807, 2.05) is 6.07 Å². The summed E-state index contributed by atoms with van der Waals surface area (Å²) < 4.78 is 10.6. The minimum Gasteiger partial charge on any atom is -0.493 e. The summed E-state index contributed by atoms with van der Waals surface area (Å²) in [6.45, 7) is 4.80. The summed E-state index contributed by atoms with van der Waals surface area (Å²) in [6, 6.07) is 6.81. The van der Waals surface area contributed by atoms with Gasteiger partial charge in [0.05, 0.1) is 14.2 Å². The highest BCUT2D eigenvalue weighted by Crippen LogP contribution is 2.28. The molecule has 1 fully saturated rings. The van der Waals surface area contributed by atoms with Crippen molar-refractivity contribution in [1.29, 1.82) is 0 Å². The SMILES string of the molecule is COc1ccc(CC(C)N2CCCC2)cc1OC. The third-order valence-electron chi connectivity index (χ3n) is 3.74. The number of nitrogens with zero attached hydrogens (tertiary/aromatic N) is 1. The van der Waals surface area contributed by atoms with Crippen LogP contribution in [0.2, 0.25) is 0 Å². The first-order valence-corrected chi connectivity index (χ1v) is 6.69. The van der Waals surface area contributed by atoms with Gasteiger partial charge in [-0.25, -0.2) is 0 Å². The second-order valence-electron chi connectivity index (χ2n) is 4.99. The average molecular weight is 249 g/mol. The van der Waals surface area contributed by atoms with Crippen LogP contribution in [0.25, 0.3) is 0 Å². The summed E-state index contributed by atoms with van der Waals surface area (Å²) >= 11 is 0. The van der Waals surface area contributed by atoms with Gasteiger partial charge < -0.3 is 14.4 Å². The summed E-state index contributed by atoms with van der Waals surface area (Å²) in [4.78, 5) is 2.57. The van der Waals surface area contributed by atoms with Crippen LogP contribution in [0.3, 0.4) is 0 Å². The van der Waals surface area contributed by atoms with Crippen molar-refractivity contribution in [3.8, 4) is 11.5 Å². The van der Waals surface area contributed by atoms with Gasteiger partial charge >= 0.3 is 0 Å². The maximum Gasteiger partial charge on any atom is 0.160 e. The number of hydrogen-bond acceptors (Lipinski definition) is 3. The Balaban J connectivity index is 2.04. The van der Waals surface area contributed by atoms with Crippen LogP contribution in [0.4, 0.5) is 0 Å². The molecular formula is C15H23NO2. The predicted octanol–water partition coefficient (Wildman–Crippen LogP) is 2.73. The number of ether oxygens (including phenoxy) is 2. The van der Waals surface area contributed by atoms with E-state index in [-0.39, 0.29) is 0 Å². The van der Waals surface area contributed by atoms with Crippen molar-refractivity contribution in [3.63, 3.8) is 0 Å². The molecule has 1 unspecified atom stereocenters. The number of likely N-dealkylation sites (tertiary alicyclic amines) is 1. The van der Waals surface area contributed by atoms with Crippen LogP contribution in [-0.4, -0.2) is 38.3 Å². The van der Waals surface area contributed by atoms with Crippen LogP contribution in [0.5, 0.6) is 11.5 Å². The van der Waals surface area contributed by atoms with E-state index in [2.05, 4.69) is 24.0 Å². The number of hydrogen-bond donors (Lipinski definition) is 0. The summed E-state index contributed by atoms with van der Waals surface area (Å²) in [6.07, 6.45) is 3.76. The van der Waals surface area contributed by atoms with Crippen molar-refractivity contribution in [1.82, 2.24) is 4.90 Å². The summed E-state index contributed by atoms with van der Waals surface area (Å²) in [5, 5.41) is 0. The highest BCUT2D eigenvalue weighted by Gasteiger charge is 2.18. The van der Waals surface area contributed by atoms with Crippen LogP contribution in [-0.2, 0) is 6.42 Å². The van der Waals surface area contributed by atoms with E-state index in [9.17, 15) is 0 Å². The van der Waals surface area contributed by atoms with Gasteiger partial charge in [-0.05, 0) is 57.0 Å². The van der Waals surface area contributed by atoms with Crippen molar-refractivity contribution < 1.29 is 9.47 Å². The molecule has 1 aromatic rings. The molecule has 1 atom stereocenters. The molecule has 0 saturated carbocycles. The molecule has 0 bridgehead atoms. The van der Waals surface area contributed by atoms with Gasteiger partial charge in [0.1, 0.15) is 0 Å². The molecule has 1 saturated heterocycles. The Labute approximate surface area is 110 Å². The fourth-order valence-electron chi connectivity index (χ4n) is 2.66. The molecule has 1 aromatic carbocycles. The van der Waals surface area contributed by atoms with Crippen molar-refractivity contribution >= 4 is 0 Å². The largest absolute Gasteiger partial charge is 0.493 e. The molecule has 0 amide bonds. The lowest BCUT2D eigenvalue weighted by Gasteiger charge is -2.24. The minimum atomic E-state index is 0.602. The molecule has 1 aliphatic rings. The summed E-state index contributed by atoms with van der Waals surface area (Å²) in [5.41, 5.74) is 1.31. The lowest BCUT2D eigenvalue weighted by molar-refractivity contribution is 0.257. The molecule has 3 heteroatoms. The zero-order valence-electron chi connectivity index (χ0n) is 11.6. The predicted molar refractivity (Wildman–Crippen MR) is 73.5 cm³/mol. The first kappa shape index (κ1) is 13.2. The van der Waals surface area contributed by atoms with E-state index in [1.54, 1.807) is 14.2 Å². The molecule has 0 radical (unpaired) electrons. The number of rotatable bonds is 5. The minimum absolute atomic E-state index is 0.602. The molecule has 0 N–H and O–H groups in total. The molecule has 0 spiro atoms. The van der Waals surface area contributed by atoms with Crippen molar-refractivity contribution in [2.75, 3.05) is 27.3 Å². The Bertz CT molecular complexity index is 386. The molecule has 0 aliphatic carbocycles. The lowest BCUT2D eigenvalue weighted by Crippen LogP contribution is -2.31. The molecule has 18 heavy (non-hydrogen) atoms. The summed E-state index contributed by atoms with van der Waals surface area (Å²) in [5.74, 6) is 1.62. The molecule has 0 aromatic heterocycles. The standard InChI is InChI=1S/C15H23NO2/c1-12(16-8-4-5-9-16)10-13-6-7-14(17-2)15(11-13)18-3/h6-7,11-12H,4-5,8-10H2,1-3H3. The first-order chi connectivity index (χ1) is 8.74. The smallest absolute Gasteiger partial charge is 0.160 e. The molecule has 100 valence electrons. The van der Waals surface area contributed by atoms with Crippen molar-refractivity contribution in [2.24, 2.45) is 0 Å². The monoisotopic (exact) mass is 249 g/mol. The van der Waals surface area contributed by atoms with Crippen LogP contribution in [0.1, 0.15) is 25.3 Å². The van der Waals surface area contributed by atoms with Crippen molar-refractivity contribution in [3.05, 3.63) is 23.8 Å². The van der Waals surface area contributed by atoms with Gasteiger partial charge in [0, 0.05) is 6.04 Å². The average Bonchev–Trinajstić information content (AvgIpc) is 2.92. The molecule has 2 rings (SSSR count). The third-order valence-corrected chi connectivity index (χ3v) is 3.74.